The van der Waals surface area contributed by atoms with Crippen molar-refractivity contribution in [2.45, 2.75) is 13.0 Å². The van der Waals surface area contributed by atoms with Crippen molar-refractivity contribution in [1.82, 2.24) is 20.0 Å². The number of nitrogens with zero attached hydrogens (tertiary/aromatic N) is 4. The van der Waals surface area contributed by atoms with E-state index in [0.29, 0.717) is 19.5 Å². The van der Waals surface area contributed by atoms with Gasteiger partial charge in [-0.25, -0.2) is 9.78 Å². The van der Waals surface area contributed by atoms with E-state index in [1.54, 1.807) is 12.5 Å². The van der Waals surface area contributed by atoms with E-state index in [4.69, 9.17) is 13.7 Å². The van der Waals surface area contributed by atoms with Crippen molar-refractivity contribution in [2.24, 2.45) is 0 Å². The fraction of sp³-hybridized carbons (Fsp3) is 0.214. The van der Waals surface area contributed by atoms with Crippen LogP contribution in [0.5, 0.6) is 5.88 Å². The lowest BCUT2D eigenvalue weighted by Crippen LogP contribution is -2.28. The molecule has 0 saturated heterocycles. The number of furan rings is 1. The largest absolute Gasteiger partial charge is 0.433 e. The van der Waals surface area contributed by atoms with Gasteiger partial charge in [0.1, 0.15) is 4.92 Å². The summed E-state index contributed by atoms with van der Waals surface area (Å²) in [7, 11) is 0. The summed E-state index contributed by atoms with van der Waals surface area (Å²) in [6.07, 6.45) is 5.21. The Kier molecular flexibility index (Phi) is 4.74. The van der Waals surface area contributed by atoms with Crippen LogP contribution >= 0.6 is 0 Å². The van der Waals surface area contributed by atoms with Crippen molar-refractivity contribution < 1.29 is 23.4 Å². The van der Waals surface area contributed by atoms with Gasteiger partial charge in [-0.3, -0.25) is 10.1 Å². The van der Waals surface area contributed by atoms with Gasteiger partial charge < -0.3 is 23.6 Å². The Hall–Kier alpha value is -3.63. The van der Waals surface area contributed by atoms with Crippen molar-refractivity contribution in [2.75, 3.05) is 6.54 Å². The van der Waals surface area contributed by atoms with E-state index in [1.807, 2.05) is 10.8 Å². The lowest BCUT2D eigenvalue weighted by Gasteiger charge is -2.04. The molecule has 11 heteroatoms. The number of carbonyl (C=O) groups is 1. The molecular formula is C14H13N5O6. The Morgan fingerprint density at radius 2 is 2.28 bits per heavy atom. The molecule has 0 atom stereocenters. The smallest absolute Gasteiger partial charge is 0.397 e. The lowest BCUT2D eigenvalue weighted by molar-refractivity contribution is -0.401. The van der Waals surface area contributed by atoms with Crippen molar-refractivity contribution >= 4 is 12.0 Å². The maximum Gasteiger partial charge on any atom is 0.433 e. The highest BCUT2D eigenvalue weighted by Gasteiger charge is 2.18. The maximum atomic E-state index is 11.7. The normalized spacial score (nSPS) is 10.6. The number of aryl methyl sites for hydroxylation is 1. The second-order valence-electron chi connectivity index (χ2n) is 4.89. The maximum absolute atomic E-state index is 11.7. The zero-order chi connectivity index (χ0) is 17.6. The van der Waals surface area contributed by atoms with E-state index in [9.17, 15) is 14.9 Å². The number of amides is 1. The van der Waals surface area contributed by atoms with Gasteiger partial charge >= 0.3 is 12.0 Å². The van der Waals surface area contributed by atoms with Crippen LogP contribution < -0.4 is 10.1 Å². The first-order valence-corrected chi connectivity index (χ1v) is 7.24. The summed E-state index contributed by atoms with van der Waals surface area (Å²) in [5, 5.41) is 16.7. The van der Waals surface area contributed by atoms with Gasteiger partial charge in [0.15, 0.2) is 5.76 Å². The van der Waals surface area contributed by atoms with E-state index in [1.165, 1.54) is 18.2 Å². The highest BCUT2D eigenvalue weighted by atomic mass is 16.6. The molecule has 0 unspecified atom stereocenters. The summed E-state index contributed by atoms with van der Waals surface area (Å²) in [5.41, 5.74) is 0. The molecule has 3 aromatic heterocycles. The molecule has 130 valence electrons. The van der Waals surface area contributed by atoms with Gasteiger partial charge in [0, 0.05) is 25.5 Å². The first-order valence-electron chi connectivity index (χ1n) is 7.24. The van der Waals surface area contributed by atoms with Crippen LogP contribution in [-0.2, 0) is 6.54 Å². The highest BCUT2D eigenvalue weighted by Crippen LogP contribution is 2.28. The van der Waals surface area contributed by atoms with E-state index < -0.39 is 16.9 Å². The Bertz CT molecular complexity index is 853. The molecule has 0 spiro atoms. The van der Waals surface area contributed by atoms with Gasteiger partial charge in [-0.15, -0.1) is 0 Å². The van der Waals surface area contributed by atoms with E-state index in [0.717, 1.165) is 0 Å². The molecule has 0 radical (unpaired) electrons. The minimum atomic E-state index is -0.684. The number of carbonyl (C=O) groups excluding carboxylic acids is 1. The second kappa shape index (κ2) is 7.29. The molecule has 0 bridgehead atoms. The average Bonchev–Trinajstić information content (AvgIpc) is 3.31. The van der Waals surface area contributed by atoms with E-state index >= 15 is 0 Å². The summed E-state index contributed by atoms with van der Waals surface area (Å²) < 4.78 is 16.8. The summed E-state index contributed by atoms with van der Waals surface area (Å²) in [4.78, 5) is 25.5. The summed E-state index contributed by atoms with van der Waals surface area (Å²) in [6, 6.07) is 3.84. The zero-order valence-electron chi connectivity index (χ0n) is 12.8. The number of hydrogen-bond acceptors (Lipinski definition) is 8. The minimum absolute atomic E-state index is 0.0823. The first-order chi connectivity index (χ1) is 12.1. The zero-order valence-corrected chi connectivity index (χ0v) is 12.8. The van der Waals surface area contributed by atoms with Gasteiger partial charge in [0.25, 0.3) is 5.88 Å². The number of aromatic nitrogens is 3. The Morgan fingerprint density at radius 3 is 3.00 bits per heavy atom. The fourth-order valence-electron chi connectivity index (χ4n) is 1.98. The minimum Gasteiger partial charge on any atom is -0.397 e. The molecule has 0 aliphatic rings. The Labute approximate surface area is 140 Å². The quantitative estimate of drug-likeness (QED) is 0.390. The molecule has 1 amide bonds. The van der Waals surface area contributed by atoms with Crippen LogP contribution in [0.3, 0.4) is 0 Å². The average molecular weight is 347 g/mol. The third-order valence-corrected chi connectivity index (χ3v) is 3.12. The first kappa shape index (κ1) is 16.2. The van der Waals surface area contributed by atoms with Gasteiger partial charge in [0.05, 0.1) is 18.5 Å². The molecule has 1 N–H and O–H groups in total. The van der Waals surface area contributed by atoms with Crippen LogP contribution in [0.25, 0.3) is 11.5 Å². The number of imidazole rings is 1. The molecule has 11 nitrogen and oxygen atoms in total. The molecule has 3 heterocycles. The third-order valence-electron chi connectivity index (χ3n) is 3.12. The summed E-state index contributed by atoms with van der Waals surface area (Å²) >= 11 is 0. The molecule has 3 aromatic rings. The van der Waals surface area contributed by atoms with Gasteiger partial charge in [-0.2, -0.15) is 0 Å². The van der Waals surface area contributed by atoms with Crippen LogP contribution in [0, 0.1) is 10.1 Å². The second-order valence-corrected chi connectivity index (χ2v) is 4.89. The topological polar surface area (TPSA) is 138 Å². The van der Waals surface area contributed by atoms with Crippen LogP contribution in [-0.4, -0.2) is 32.3 Å². The number of ether oxygens (including phenoxy) is 1. The molecule has 25 heavy (non-hydrogen) atoms. The molecular weight excluding hydrogens is 334 g/mol. The predicted octanol–water partition coefficient (Wildman–Crippen LogP) is 2.22. The van der Waals surface area contributed by atoms with Crippen LogP contribution in [0.1, 0.15) is 6.42 Å². The molecule has 3 rings (SSSR count). The summed E-state index contributed by atoms with van der Waals surface area (Å²) in [6.45, 7) is 1.12. The Balaban J connectivity index is 1.47. The van der Waals surface area contributed by atoms with Gasteiger partial charge in [-0.1, -0.05) is 0 Å². The number of nitro groups is 1. The fourth-order valence-corrected chi connectivity index (χ4v) is 1.98. The summed E-state index contributed by atoms with van der Waals surface area (Å²) in [5.74, 6) is -0.295. The SMILES string of the molecule is O=C(NCCCn1ccnc1)Oc1cc(-c2ccc([N+](=O)[O-])o2)on1. The van der Waals surface area contributed by atoms with Crippen molar-refractivity contribution in [3.05, 3.63) is 47.0 Å². The van der Waals surface area contributed by atoms with Gasteiger partial charge in [0.2, 0.25) is 5.76 Å². The molecule has 0 fully saturated rings. The molecule has 0 aromatic carbocycles. The number of hydrogen-bond donors (Lipinski definition) is 1. The van der Waals surface area contributed by atoms with Crippen molar-refractivity contribution in [3.63, 3.8) is 0 Å². The molecule has 0 saturated carbocycles. The predicted molar refractivity (Wildman–Crippen MR) is 81.7 cm³/mol. The molecule has 0 aliphatic heterocycles. The number of nitrogens with one attached hydrogen (secondary N) is 1. The number of rotatable bonds is 7. The van der Waals surface area contributed by atoms with E-state index in [-0.39, 0.29) is 17.4 Å². The third kappa shape index (κ3) is 4.22. The van der Waals surface area contributed by atoms with Crippen molar-refractivity contribution in [3.8, 4) is 17.4 Å². The van der Waals surface area contributed by atoms with E-state index in [2.05, 4.69) is 15.5 Å². The van der Waals surface area contributed by atoms with Crippen LogP contribution in [0.4, 0.5) is 10.7 Å². The Morgan fingerprint density at radius 1 is 1.40 bits per heavy atom. The highest BCUT2D eigenvalue weighted by molar-refractivity contribution is 5.70. The standard InChI is InChI=1S/C14H13N5O6/c20-14(16-4-1-6-18-7-5-15-9-18)24-12-8-11(25-17-12)10-2-3-13(23-10)19(21)22/h2-3,5,7-9H,1,4,6H2,(H,16,20). The van der Waals surface area contributed by atoms with Crippen LogP contribution in [0.2, 0.25) is 0 Å². The monoisotopic (exact) mass is 347 g/mol. The van der Waals surface area contributed by atoms with Crippen LogP contribution in [0.15, 0.2) is 45.9 Å². The lowest BCUT2D eigenvalue weighted by atomic mass is 10.3. The van der Waals surface area contributed by atoms with Crippen molar-refractivity contribution in [1.29, 1.82) is 0 Å². The molecule has 0 aliphatic carbocycles. The van der Waals surface area contributed by atoms with Gasteiger partial charge in [-0.05, 0) is 17.6 Å².